The number of esters is 1. The van der Waals surface area contributed by atoms with Crippen molar-refractivity contribution in [1.29, 1.82) is 0 Å². The molecule has 4 rings (SSSR count). The van der Waals surface area contributed by atoms with Gasteiger partial charge >= 0.3 is 5.97 Å². The third-order valence-corrected chi connectivity index (χ3v) is 8.52. The molecular weight excluding hydrogens is 484 g/mol. The van der Waals surface area contributed by atoms with Gasteiger partial charge in [0.25, 0.3) is 0 Å². The minimum absolute atomic E-state index is 0.234. The van der Waals surface area contributed by atoms with Gasteiger partial charge in [0.15, 0.2) is 0 Å². The fraction of sp³-hybridized carbons (Fsp3) is 0.567. The van der Waals surface area contributed by atoms with Gasteiger partial charge in [-0.1, -0.05) is 49.4 Å². The molecule has 6 atom stereocenters. The normalized spacial score (nSPS) is 30.1. The molecule has 3 saturated heterocycles. The van der Waals surface area contributed by atoms with E-state index in [0.717, 1.165) is 12.0 Å². The molecule has 0 radical (unpaired) electrons. The molecule has 206 valence electrons. The molecule has 1 aromatic carbocycles. The van der Waals surface area contributed by atoms with Crippen molar-refractivity contribution < 1.29 is 29.0 Å². The zero-order valence-corrected chi connectivity index (χ0v) is 22.5. The number of carbonyl (C=O) groups excluding carboxylic acids is 3. The van der Waals surface area contributed by atoms with Gasteiger partial charge in [-0.25, -0.2) is 0 Å². The van der Waals surface area contributed by atoms with Crippen LogP contribution in [0.25, 0.3) is 0 Å². The second kappa shape index (κ2) is 11.4. The predicted molar refractivity (Wildman–Crippen MR) is 143 cm³/mol. The van der Waals surface area contributed by atoms with Crippen LogP contribution in [-0.4, -0.2) is 75.7 Å². The van der Waals surface area contributed by atoms with Crippen LogP contribution in [0.3, 0.4) is 0 Å². The van der Waals surface area contributed by atoms with E-state index in [1.807, 2.05) is 37.3 Å². The Hall–Kier alpha value is -2.97. The highest BCUT2D eigenvalue weighted by Crippen LogP contribution is 2.64. The van der Waals surface area contributed by atoms with E-state index >= 15 is 0 Å². The third kappa shape index (κ3) is 4.58. The number of allylic oxidation sites excluding steroid dienone is 1. The number of benzene rings is 1. The van der Waals surface area contributed by atoms with E-state index in [9.17, 15) is 19.5 Å². The van der Waals surface area contributed by atoms with E-state index in [4.69, 9.17) is 9.47 Å². The first-order valence-electron chi connectivity index (χ1n) is 13.6. The summed E-state index contributed by atoms with van der Waals surface area (Å²) < 4.78 is 12.4. The number of carbonyl (C=O) groups is 3. The molecule has 3 heterocycles. The van der Waals surface area contributed by atoms with Crippen LogP contribution in [0.4, 0.5) is 0 Å². The Balaban J connectivity index is 1.72. The van der Waals surface area contributed by atoms with Crippen molar-refractivity contribution in [1.82, 2.24) is 9.80 Å². The summed E-state index contributed by atoms with van der Waals surface area (Å²) in [5.74, 6) is -2.69. The van der Waals surface area contributed by atoms with Crippen LogP contribution in [0, 0.1) is 11.8 Å². The lowest BCUT2D eigenvalue weighted by Gasteiger charge is -2.38. The maximum absolute atomic E-state index is 14.4. The van der Waals surface area contributed by atoms with E-state index in [-0.39, 0.29) is 31.6 Å². The lowest BCUT2D eigenvalue weighted by molar-refractivity contribution is -0.163. The summed E-state index contributed by atoms with van der Waals surface area (Å²) in [6.45, 7) is 11.8. The van der Waals surface area contributed by atoms with E-state index in [0.29, 0.717) is 32.2 Å². The minimum atomic E-state index is -1.16. The molecule has 3 aliphatic heterocycles. The van der Waals surface area contributed by atoms with Gasteiger partial charge in [0.05, 0.1) is 30.8 Å². The highest BCUT2D eigenvalue weighted by atomic mass is 16.6. The van der Waals surface area contributed by atoms with E-state index in [1.54, 1.807) is 24.0 Å². The number of fused-ring (bicyclic) bond motifs is 1. The molecule has 3 aliphatic rings. The van der Waals surface area contributed by atoms with Crippen molar-refractivity contribution in [2.45, 2.75) is 75.8 Å². The number of hydrogen-bond acceptors (Lipinski definition) is 6. The van der Waals surface area contributed by atoms with Gasteiger partial charge in [0.1, 0.15) is 17.6 Å². The second-order valence-electron chi connectivity index (χ2n) is 10.7. The molecule has 2 bridgehead atoms. The number of unbranched alkanes of at least 4 members (excludes halogenated alkanes) is 1. The van der Waals surface area contributed by atoms with Gasteiger partial charge in [-0.05, 0) is 44.6 Å². The van der Waals surface area contributed by atoms with Crippen LogP contribution in [-0.2, 0) is 30.4 Å². The van der Waals surface area contributed by atoms with E-state index in [2.05, 4.69) is 13.2 Å². The molecule has 8 nitrogen and oxygen atoms in total. The average Bonchev–Trinajstić information content (AvgIpc) is 3.54. The predicted octanol–water partition coefficient (Wildman–Crippen LogP) is 3.25. The molecule has 0 aromatic heterocycles. The molecule has 0 aliphatic carbocycles. The highest BCUT2D eigenvalue weighted by molar-refractivity contribution is 5.98. The van der Waals surface area contributed by atoms with Crippen molar-refractivity contribution in [2.24, 2.45) is 11.8 Å². The highest BCUT2D eigenvalue weighted by Gasteiger charge is 2.79. The second-order valence-corrected chi connectivity index (χ2v) is 10.7. The number of likely N-dealkylation sites (tertiary alicyclic amines) is 1. The fourth-order valence-electron chi connectivity index (χ4n) is 6.71. The summed E-state index contributed by atoms with van der Waals surface area (Å²) in [4.78, 5) is 45.1. The summed E-state index contributed by atoms with van der Waals surface area (Å²) in [5, 5.41) is 10.1. The van der Waals surface area contributed by atoms with Crippen LogP contribution >= 0.6 is 0 Å². The van der Waals surface area contributed by atoms with Crippen molar-refractivity contribution >= 4 is 17.8 Å². The minimum Gasteiger partial charge on any atom is -0.465 e. The van der Waals surface area contributed by atoms with E-state index in [1.165, 1.54) is 4.90 Å². The first kappa shape index (κ1) is 28.0. The van der Waals surface area contributed by atoms with Crippen LogP contribution < -0.4 is 0 Å². The standard InChI is InChI=1S/C30H40N2O6/c1-5-8-12-18-37-28(36)24-23-26(34)32(21(4)20-33)25(30(23)16-15-29(24,7-3)38-30)27(35)31(17-6-2)19-22-13-10-9-11-14-22/h5-6,9-11,13-14,21,23-25,33H,1-2,7-8,12,15-20H2,3-4H3/t21-,23+,24+,25?,29-,30?/m1/s1. The Morgan fingerprint density at radius 2 is 2.00 bits per heavy atom. The summed E-state index contributed by atoms with van der Waals surface area (Å²) in [6, 6.07) is 8.05. The molecule has 2 amide bonds. The quantitative estimate of drug-likeness (QED) is 0.242. The molecule has 0 saturated carbocycles. The fourth-order valence-corrected chi connectivity index (χ4v) is 6.71. The lowest BCUT2D eigenvalue weighted by atomic mass is 9.65. The lowest BCUT2D eigenvalue weighted by Crippen LogP contribution is -2.58. The van der Waals surface area contributed by atoms with E-state index < -0.39 is 41.1 Å². The number of amides is 2. The average molecular weight is 525 g/mol. The Kier molecular flexibility index (Phi) is 8.43. The van der Waals surface area contributed by atoms with Crippen molar-refractivity contribution in [3.8, 4) is 0 Å². The van der Waals surface area contributed by atoms with Crippen molar-refractivity contribution in [3.63, 3.8) is 0 Å². The largest absolute Gasteiger partial charge is 0.465 e. The number of hydrogen-bond donors (Lipinski definition) is 1. The van der Waals surface area contributed by atoms with Gasteiger partial charge in [-0.2, -0.15) is 0 Å². The Labute approximate surface area is 225 Å². The third-order valence-electron chi connectivity index (χ3n) is 8.52. The number of ether oxygens (including phenoxy) is 2. The van der Waals surface area contributed by atoms with Crippen molar-refractivity contribution in [3.05, 3.63) is 61.2 Å². The summed E-state index contributed by atoms with van der Waals surface area (Å²) in [7, 11) is 0. The molecule has 3 fully saturated rings. The van der Waals surface area contributed by atoms with Crippen LogP contribution in [0.5, 0.6) is 0 Å². The Bertz CT molecular complexity index is 1060. The Morgan fingerprint density at radius 1 is 1.26 bits per heavy atom. The molecule has 1 aromatic rings. The van der Waals surface area contributed by atoms with Crippen LogP contribution in [0.2, 0.25) is 0 Å². The molecular formula is C30H40N2O6. The van der Waals surface area contributed by atoms with Crippen LogP contribution in [0.15, 0.2) is 55.6 Å². The zero-order valence-electron chi connectivity index (χ0n) is 22.5. The van der Waals surface area contributed by atoms with Gasteiger partial charge in [-0.3, -0.25) is 14.4 Å². The number of aliphatic hydroxyl groups excluding tert-OH is 1. The number of rotatable bonds is 13. The summed E-state index contributed by atoms with van der Waals surface area (Å²) >= 11 is 0. The topological polar surface area (TPSA) is 96.4 Å². The SMILES string of the molecule is C=CCCCOC(=O)[C@@H]1[C@H]2C(=O)N([C@H](C)CO)C(C(=O)N(CC=C)Cc3ccccc3)C23CC[C@@]1(CC)O3. The van der Waals surface area contributed by atoms with Crippen LogP contribution in [0.1, 0.15) is 51.5 Å². The zero-order chi connectivity index (χ0) is 27.5. The first-order valence-corrected chi connectivity index (χ1v) is 13.6. The van der Waals surface area contributed by atoms with Gasteiger partial charge in [0.2, 0.25) is 11.8 Å². The van der Waals surface area contributed by atoms with Gasteiger partial charge < -0.3 is 24.4 Å². The molecule has 38 heavy (non-hydrogen) atoms. The monoisotopic (exact) mass is 524 g/mol. The molecule has 1 N–H and O–H groups in total. The maximum Gasteiger partial charge on any atom is 0.312 e. The van der Waals surface area contributed by atoms with Crippen molar-refractivity contribution in [2.75, 3.05) is 19.8 Å². The van der Waals surface area contributed by atoms with Gasteiger partial charge in [0, 0.05) is 13.1 Å². The maximum atomic E-state index is 14.4. The summed E-state index contributed by atoms with van der Waals surface area (Å²) in [6.07, 6.45) is 6.38. The molecule has 2 unspecified atom stereocenters. The molecule has 1 spiro atoms. The van der Waals surface area contributed by atoms with Gasteiger partial charge in [-0.15, -0.1) is 13.2 Å². The number of nitrogens with zero attached hydrogens (tertiary/aromatic N) is 2. The summed E-state index contributed by atoms with van der Waals surface area (Å²) in [5.41, 5.74) is -1.06. The molecule has 8 heteroatoms. The number of aliphatic hydroxyl groups is 1. The smallest absolute Gasteiger partial charge is 0.312 e. The first-order chi connectivity index (χ1) is 18.3. The Morgan fingerprint density at radius 3 is 2.63 bits per heavy atom.